The van der Waals surface area contributed by atoms with Crippen LogP contribution >= 0.6 is 0 Å². The molecule has 2 aliphatic heterocycles. The highest BCUT2D eigenvalue weighted by atomic mass is 19.4. The topological polar surface area (TPSA) is 68.4 Å². The number of hydrogen-bond donors (Lipinski definition) is 2. The molecule has 0 unspecified atom stereocenters. The summed E-state index contributed by atoms with van der Waals surface area (Å²) in [5.41, 5.74) is 1.13. The summed E-state index contributed by atoms with van der Waals surface area (Å²) in [5, 5.41) is 3.49. The molecule has 0 radical (unpaired) electrons. The van der Waals surface area contributed by atoms with Gasteiger partial charge in [0.25, 0.3) is 5.91 Å². The van der Waals surface area contributed by atoms with Crippen LogP contribution in [0.3, 0.4) is 0 Å². The Balaban J connectivity index is 1.20. The average molecular weight is 509 g/mol. The number of fused-ring (bicyclic) bond motifs is 1. The molecular weight excluding hydrogens is 476 g/mol. The molecule has 36 heavy (non-hydrogen) atoms. The summed E-state index contributed by atoms with van der Waals surface area (Å²) >= 11 is 0. The third-order valence-corrected chi connectivity index (χ3v) is 8.44. The Hall–Kier alpha value is -2.62. The lowest BCUT2D eigenvalue weighted by molar-refractivity contribution is -0.170. The minimum atomic E-state index is -4.39. The Labute approximate surface area is 207 Å². The molecular formula is C26H32F4N4O2. The summed E-state index contributed by atoms with van der Waals surface area (Å²) in [4.78, 5) is 31.6. The molecule has 1 aliphatic carbocycles. The van der Waals surface area contributed by atoms with Gasteiger partial charge in [-0.1, -0.05) is 6.07 Å². The van der Waals surface area contributed by atoms with E-state index in [2.05, 4.69) is 15.2 Å². The number of amides is 2. The van der Waals surface area contributed by atoms with Crippen LogP contribution in [0.2, 0.25) is 0 Å². The number of H-pyrrole nitrogens is 1. The van der Waals surface area contributed by atoms with Gasteiger partial charge < -0.3 is 20.1 Å². The second kappa shape index (κ2) is 9.36. The number of carbonyl (C=O) groups excluding carboxylic acids is 2. The van der Waals surface area contributed by atoms with Crippen molar-refractivity contribution >= 4 is 22.7 Å². The van der Waals surface area contributed by atoms with E-state index in [9.17, 15) is 27.2 Å². The number of benzene rings is 1. The summed E-state index contributed by atoms with van der Waals surface area (Å²) in [6.45, 7) is 1.99. The Kier molecular flexibility index (Phi) is 6.51. The van der Waals surface area contributed by atoms with E-state index in [4.69, 9.17) is 0 Å². The van der Waals surface area contributed by atoms with Crippen molar-refractivity contribution in [3.63, 3.8) is 0 Å². The zero-order valence-electron chi connectivity index (χ0n) is 20.4. The molecule has 2 aromatic rings. The van der Waals surface area contributed by atoms with Gasteiger partial charge in [-0.25, -0.2) is 4.39 Å². The molecule has 196 valence electrons. The smallest absolute Gasteiger partial charge is 0.350 e. The number of aromatic nitrogens is 1. The molecule has 6 nitrogen and oxygen atoms in total. The van der Waals surface area contributed by atoms with Gasteiger partial charge >= 0.3 is 6.18 Å². The number of alkyl halides is 3. The van der Waals surface area contributed by atoms with E-state index in [0.29, 0.717) is 48.9 Å². The minimum Gasteiger partial charge on any atom is -0.350 e. The van der Waals surface area contributed by atoms with Gasteiger partial charge in [0, 0.05) is 42.5 Å². The summed E-state index contributed by atoms with van der Waals surface area (Å²) in [7, 11) is 0. The van der Waals surface area contributed by atoms with Crippen molar-refractivity contribution in [2.24, 2.45) is 0 Å². The van der Waals surface area contributed by atoms with E-state index in [1.54, 1.807) is 12.1 Å². The number of nitrogens with one attached hydrogen (secondary N) is 2. The molecule has 2 N–H and O–H groups in total. The largest absolute Gasteiger partial charge is 0.406 e. The van der Waals surface area contributed by atoms with Crippen molar-refractivity contribution in [3.05, 3.63) is 35.3 Å². The standard InChI is InChI=1S/C26H32F4N4O2/c1-16-5-6-20(27)19-14-21(32-23(16)19)24(36)31-17-3-2-4-18(13-17)33-11-9-25(10-12-33)8-7-22(35)34(25)15-26(28,29)30/h5-6,14,17-18,32H,2-4,7-13,15H2,1H3,(H,31,36)/t17-,18+/m1/s1. The molecule has 0 bridgehead atoms. The fourth-order valence-corrected chi connectivity index (χ4v) is 6.47. The van der Waals surface area contributed by atoms with Crippen molar-refractivity contribution in [1.82, 2.24) is 20.1 Å². The monoisotopic (exact) mass is 508 g/mol. The number of carbonyl (C=O) groups is 2. The lowest BCUT2D eigenvalue weighted by Crippen LogP contribution is -2.57. The van der Waals surface area contributed by atoms with E-state index in [1.165, 1.54) is 6.07 Å². The second-order valence-corrected chi connectivity index (χ2v) is 10.7. The second-order valence-electron chi connectivity index (χ2n) is 10.7. The van der Waals surface area contributed by atoms with Crippen molar-refractivity contribution in [3.8, 4) is 0 Å². The normalized spacial score (nSPS) is 25.1. The van der Waals surface area contributed by atoms with Crippen LogP contribution in [0.4, 0.5) is 17.6 Å². The predicted molar refractivity (Wildman–Crippen MR) is 127 cm³/mol. The molecule has 1 saturated carbocycles. The van der Waals surface area contributed by atoms with Crippen molar-refractivity contribution in [2.75, 3.05) is 19.6 Å². The summed E-state index contributed by atoms with van der Waals surface area (Å²) < 4.78 is 53.4. The van der Waals surface area contributed by atoms with Crippen LogP contribution < -0.4 is 5.32 Å². The first-order chi connectivity index (χ1) is 17.0. The first-order valence-electron chi connectivity index (χ1n) is 12.7. The zero-order chi connectivity index (χ0) is 25.7. The van der Waals surface area contributed by atoms with E-state index in [0.717, 1.165) is 36.1 Å². The number of hydrogen-bond acceptors (Lipinski definition) is 3. The summed E-state index contributed by atoms with van der Waals surface area (Å²) in [5.74, 6) is -1.03. The predicted octanol–water partition coefficient (Wildman–Crippen LogP) is 4.68. The molecule has 3 heterocycles. The zero-order valence-corrected chi connectivity index (χ0v) is 20.4. The average Bonchev–Trinajstić information content (AvgIpc) is 3.41. The Bertz CT molecular complexity index is 1110. The molecule has 1 aromatic carbocycles. The highest BCUT2D eigenvalue weighted by Gasteiger charge is 2.51. The first kappa shape index (κ1) is 25.0. The van der Waals surface area contributed by atoms with Crippen molar-refractivity contribution in [2.45, 2.75) is 82.1 Å². The van der Waals surface area contributed by atoms with Crippen LogP contribution in [0.25, 0.3) is 10.9 Å². The Morgan fingerprint density at radius 3 is 2.64 bits per heavy atom. The molecule has 3 fully saturated rings. The lowest BCUT2D eigenvalue weighted by Gasteiger charge is -2.48. The molecule has 2 saturated heterocycles. The summed E-state index contributed by atoms with van der Waals surface area (Å²) in [6.07, 6.45) is 0.893. The van der Waals surface area contributed by atoms with Crippen LogP contribution in [-0.2, 0) is 4.79 Å². The van der Waals surface area contributed by atoms with Gasteiger partial charge in [-0.2, -0.15) is 13.2 Å². The number of aryl methyl sites for hydroxylation is 1. The maximum absolute atomic E-state index is 14.2. The van der Waals surface area contributed by atoms with E-state index >= 15 is 0 Å². The van der Waals surface area contributed by atoms with Gasteiger partial charge in [-0.15, -0.1) is 0 Å². The van der Waals surface area contributed by atoms with Gasteiger partial charge in [0.1, 0.15) is 18.1 Å². The quantitative estimate of drug-likeness (QED) is 0.590. The van der Waals surface area contributed by atoms with Crippen LogP contribution in [-0.4, -0.2) is 70.0 Å². The molecule has 1 aromatic heterocycles. The van der Waals surface area contributed by atoms with Crippen molar-refractivity contribution in [1.29, 1.82) is 0 Å². The SMILES string of the molecule is Cc1ccc(F)c2cc(C(=O)N[C@@H]3CCC[C@H](N4CCC5(CCC(=O)N5CC(F)(F)F)CC4)C3)[nH]c12. The Morgan fingerprint density at radius 1 is 1.19 bits per heavy atom. The van der Waals surface area contributed by atoms with Crippen LogP contribution in [0.1, 0.15) is 67.4 Å². The van der Waals surface area contributed by atoms with Gasteiger partial charge in [0.05, 0.1) is 5.52 Å². The molecule has 1 spiro atoms. The van der Waals surface area contributed by atoms with Gasteiger partial charge in [-0.3, -0.25) is 9.59 Å². The maximum atomic E-state index is 14.2. The third kappa shape index (κ3) is 4.84. The number of halogens is 4. The molecule has 10 heteroatoms. The number of nitrogens with zero attached hydrogens (tertiary/aromatic N) is 2. The lowest BCUT2D eigenvalue weighted by atomic mass is 9.82. The Morgan fingerprint density at radius 2 is 1.94 bits per heavy atom. The van der Waals surface area contributed by atoms with Crippen molar-refractivity contribution < 1.29 is 27.2 Å². The number of likely N-dealkylation sites (tertiary alicyclic amines) is 2. The molecule has 2 amide bonds. The minimum absolute atomic E-state index is 0.0284. The fraction of sp³-hybridized carbons (Fsp3) is 0.615. The van der Waals surface area contributed by atoms with Crippen LogP contribution in [0.5, 0.6) is 0 Å². The van der Waals surface area contributed by atoms with Gasteiger partial charge in [-0.05, 0) is 69.6 Å². The van der Waals surface area contributed by atoms with E-state index in [-0.39, 0.29) is 30.2 Å². The van der Waals surface area contributed by atoms with Gasteiger partial charge in [0.15, 0.2) is 0 Å². The number of aromatic amines is 1. The highest BCUT2D eigenvalue weighted by molar-refractivity contribution is 5.99. The first-order valence-corrected chi connectivity index (χ1v) is 12.7. The third-order valence-electron chi connectivity index (χ3n) is 8.44. The number of rotatable bonds is 4. The molecule has 5 rings (SSSR count). The van der Waals surface area contributed by atoms with Crippen LogP contribution in [0.15, 0.2) is 18.2 Å². The van der Waals surface area contributed by atoms with E-state index < -0.39 is 24.2 Å². The maximum Gasteiger partial charge on any atom is 0.406 e. The molecule has 3 aliphatic rings. The highest BCUT2D eigenvalue weighted by Crippen LogP contribution is 2.42. The van der Waals surface area contributed by atoms with Gasteiger partial charge in [0.2, 0.25) is 5.91 Å². The number of piperidine rings is 1. The van der Waals surface area contributed by atoms with Crippen LogP contribution in [0, 0.1) is 12.7 Å². The van der Waals surface area contributed by atoms with E-state index in [1.807, 2.05) is 6.92 Å². The molecule has 2 atom stereocenters. The fourth-order valence-electron chi connectivity index (χ4n) is 6.47. The summed E-state index contributed by atoms with van der Waals surface area (Å²) in [6, 6.07) is 4.82.